The summed E-state index contributed by atoms with van der Waals surface area (Å²) >= 11 is 0. The fraction of sp³-hybridized carbons (Fsp3) is 0.400. The van der Waals surface area contributed by atoms with Crippen molar-refractivity contribution >= 4 is 0 Å². The summed E-state index contributed by atoms with van der Waals surface area (Å²) < 4.78 is 0. The molecule has 0 heterocycles. The second kappa shape index (κ2) is 7.99. The average Bonchev–Trinajstić information content (AvgIpc) is 2.52. The number of hydrogen-bond acceptors (Lipinski definition) is 1. The molecule has 0 aliphatic heterocycles. The maximum atomic E-state index is 3.62. The SMILES string of the molecule is CC(C)c1ccc(CN[C@@H](C)CCc2ccccc2)cc1. The van der Waals surface area contributed by atoms with E-state index in [4.69, 9.17) is 0 Å². The van der Waals surface area contributed by atoms with Gasteiger partial charge in [-0.2, -0.15) is 0 Å². The summed E-state index contributed by atoms with van der Waals surface area (Å²) in [6.45, 7) is 7.69. The van der Waals surface area contributed by atoms with Gasteiger partial charge in [0.1, 0.15) is 0 Å². The smallest absolute Gasteiger partial charge is 0.0207 e. The highest BCUT2D eigenvalue weighted by molar-refractivity contribution is 5.24. The fourth-order valence-corrected chi connectivity index (χ4v) is 2.44. The molecule has 112 valence electrons. The first-order valence-corrected chi connectivity index (χ1v) is 8.01. The minimum absolute atomic E-state index is 0.537. The molecule has 0 aliphatic carbocycles. The average molecular weight is 281 g/mol. The van der Waals surface area contributed by atoms with Gasteiger partial charge in [0, 0.05) is 12.6 Å². The lowest BCUT2D eigenvalue weighted by atomic mass is 10.0. The first-order valence-electron chi connectivity index (χ1n) is 8.01. The zero-order valence-electron chi connectivity index (χ0n) is 13.5. The van der Waals surface area contributed by atoms with Gasteiger partial charge in [-0.3, -0.25) is 0 Å². The van der Waals surface area contributed by atoms with E-state index in [1.807, 2.05) is 0 Å². The van der Waals surface area contributed by atoms with E-state index in [2.05, 4.69) is 80.7 Å². The van der Waals surface area contributed by atoms with Gasteiger partial charge >= 0.3 is 0 Å². The highest BCUT2D eigenvalue weighted by atomic mass is 14.9. The summed E-state index contributed by atoms with van der Waals surface area (Å²) in [5.74, 6) is 0.608. The summed E-state index contributed by atoms with van der Waals surface area (Å²) in [7, 11) is 0. The maximum absolute atomic E-state index is 3.62. The van der Waals surface area contributed by atoms with Crippen LogP contribution >= 0.6 is 0 Å². The standard InChI is InChI=1S/C20H27N/c1-16(2)20-13-11-19(12-14-20)15-21-17(3)9-10-18-7-5-4-6-8-18/h4-8,11-14,16-17,21H,9-10,15H2,1-3H3/t17-/m0/s1. The number of aryl methyl sites for hydroxylation is 1. The van der Waals surface area contributed by atoms with E-state index in [1.165, 1.54) is 23.1 Å². The summed E-state index contributed by atoms with van der Waals surface area (Å²) in [5.41, 5.74) is 4.20. The molecular weight excluding hydrogens is 254 g/mol. The van der Waals surface area contributed by atoms with E-state index in [-0.39, 0.29) is 0 Å². The molecule has 0 radical (unpaired) electrons. The van der Waals surface area contributed by atoms with Crippen molar-refractivity contribution in [3.63, 3.8) is 0 Å². The lowest BCUT2D eigenvalue weighted by molar-refractivity contribution is 0.514. The van der Waals surface area contributed by atoms with Gasteiger partial charge in [-0.25, -0.2) is 0 Å². The van der Waals surface area contributed by atoms with E-state index in [0.717, 1.165) is 13.0 Å². The predicted molar refractivity (Wildman–Crippen MR) is 91.6 cm³/mol. The molecule has 0 saturated carbocycles. The lowest BCUT2D eigenvalue weighted by Crippen LogP contribution is -2.25. The zero-order valence-corrected chi connectivity index (χ0v) is 13.5. The Kier molecular flexibility index (Phi) is 6.01. The molecular formula is C20H27N. The van der Waals surface area contributed by atoms with E-state index in [1.54, 1.807) is 0 Å². The summed E-state index contributed by atoms with van der Waals surface area (Å²) in [6, 6.07) is 20.2. The molecule has 0 aliphatic rings. The van der Waals surface area contributed by atoms with Crippen molar-refractivity contribution in [2.45, 2.75) is 52.1 Å². The molecule has 1 N–H and O–H groups in total. The quantitative estimate of drug-likeness (QED) is 0.759. The molecule has 1 atom stereocenters. The van der Waals surface area contributed by atoms with Crippen LogP contribution in [-0.4, -0.2) is 6.04 Å². The molecule has 0 spiro atoms. The van der Waals surface area contributed by atoms with Crippen molar-refractivity contribution in [1.82, 2.24) is 5.32 Å². The van der Waals surface area contributed by atoms with Gasteiger partial charge in [0.25, 0.3) is 0 Å². The van der Waals surface area contributed by atoms with Gasteiger partial charge in [-0.15, -0.1) is 0 Å². The summed E-state index contributed by atoms with van der Waals surface area (Å²) in [4.78, 5) is 0. The van der Waals surface area contributed by atoms with Crippen LogP contribution in [0.3, 0.4) is 0 Å². The number of hydrogen-bond donors (Lipinski definition) is 1. The highest BCUT2D eigenvalue weighted by Gasteiger charge is 2.03. The molecule has 2 aromatic carbocycles. The van der Waals surface area contributed by atoms with E-state index < -0.39 is 0 Å². The minimum Gasteiger partial charge on any atom is -0.310 e. The van der Waals surface area contributed by atoms with E-state index >= 15 is 0 Å². The van der Waals surface area contributed by atoms with Crippen molar-refractivity contribution in [3.8, 4) is 0 Å². The maximum Gasteiger partial charge on any atom is 0.0207 e. The van der Waals surface area contributed by atoms with Crippen molar-refractivity contribution in [1.29, 1.82) is 0 Å². The van der Waals surface area contributed by atoms with Crippen LogP contribution in [0, 0.1) is 0 Å². The fourth-order valence-electron chi connectivity index (χ4n) is 2.44. The molecule has 0 bridgehead atoms. The predicted octanol–water partition coefficient (Wildman–Crippen LogP) is 4.92. The van der Waals surface area contributed by atoms with Gasteiger partial charge in [-0.1, -0.05) is 68.4 Å². The number of rotatable bonds is 7. The molecule has 0 unspecified atom stereocenters. The Bertz CT molecular complexity index is 513. The third-order valence-electron chi connectivity index (χ3n) is 4.01. The van der Waals surface area contributed by atoms with Gasteiger partial charge in [0.15, 0.2) is 0 Å². The van der Waals surface area contributed by atoms with Crippen molar-refractivity contribution in [2.75, 3.05) is 0 Å². The van der Waals surface area contributed by atoms with Crippen LogP contribution in [-0.2, 0) is 13.0 Å². The van der Waals surface area contributed by atoms with Crippen molar-refractivity contribution in [3.05, 3.63) is 71.3 Å². The summed E-state index contributed by atoms with van der Waals surface area (Å²) in [6.07, 6.45) is 2.31. The first kappa shape index (κ1) is 15.8. The molecule has 21 heavy (non-hydrogen) atoms. The van der Waals surface area contributed by atoms with Gasteiger partial charge in [0.05, 0.1) is 0 Å². The normalized spacial score (nSPS) is 12.6. The van der Waals surface area contributed by atoms with Crippen LogP contribution in [0.25, 0.3) is 0 Å². The monoisotopic (exact) mass is 281 g/mol. The first-order chi connectivity index (χ1) is 10.1. The van der Waals surface area contributed by atoms with Crippen LogP contribution in [0.15, 0.2) is 54.6 Å². The Labute approximate surface area is 129 Å². The number of benzene rings is 2. The van der Waals surface area contributed by atoms with Crippen LogP contribution in [0.1, 0.15) is 49.8 Å². The summed E-state index contributed by atoms with van der Waals surface area (Å²) in [5, 5.41) is 3.62. The number of nitrogens with one attached hydrogen (secondary N) is 1. The molecule has 1 heteroatoms. The molecule has 0 saturated heterocycles. The second-order valence-corrected chi connectivity index (χ2v) is 6.20. The van der Waals surface area contributed by atoms with E-state index in [0.29, 0.717) is 12.0 Å². The van der Waals surface area contributed by atoms with Crippen LogP contribution in [0.5, 0.6) is 0 Å². The molecule has 2 aromatic rings. The van der Waals surface area contributed by atoms with E-state index in [9.17, 15) is 0 Å². The molecule has 1 nitrogen and oxygen atoms in total. The van der Waals surface area contributed by atoms with Crippen molar-refractivity contribution < 1.29 is 0 Å². The zero-order chi connectivity index (χ0) is 15.1. The Morgan fingerprint density at radius 1 is 0.810 bits per heavy atom. The largest absolute Gasteiger partial charge is 0.310 e. The van der Waals surface area contributed by atoms with Crippen LogP contribution in [0.2, 0.25) is 0 Å². The Hall–Kier alpha value is -1.60. The topological polar surface area (TPSA) is 12.0 Å². The minimum atomic E-state index is 0.537. The van der Waals surface area contributed by atoms with Gasteiger partial charge in [0.2, 0.25) is 0 Å². The van der Waals surface area contributed by atoms with Crippen molar-refractivity contribution in [2.24, 2.45) is 0 Å². The van der Waals surface area contributed by atoms with Crippen LogP contribution < -0.4 is 5.32 Å². The Balaban J connectivity index is 1.74. The second-order valence-electron chi connectivity index (χ2n) is 6.20. The molecule has 0 aromatic heterocycles. The van der Waals surface area contributed by atoms with Gasteiger partial charge < -0.3 is 5.32 Å². The molecule has 0 fully saturated rings. The molecule has 0 amide bonds. The highest BCUT2D eigenvalue weighted by Crippen LogP contribution is 2.14. The van der Waals surface area contributed by atoms with Gasteiger partial charge in [-0.05, 0) is 42.4 Å². The third-order valence-corrected chi connectivity index (χ3v) is 4.01. The molecule has 2 rings (SSSR count). The Morgan fingerprint density at radius 3 is 2.10 bits per heavy atom. The lowest BCUT2D eigenvalue weighted by Gasteiger charge is -2.14. The third kappa shape index (κ3) is 5.35. The Morgan fingerprint density at radius 2 is 1.48 bits per heavy atom. The van der Waals surface area contributed by atoms with Crippen LogP contribution in [0.4, 0.5) is 0 Å².